The van der Waals surface area contributed by atoms with Crippen LogP contribution in [0, 0.1) is 11.8 Å². The summed E-state index contributed by atoms with van der Waals surface area (Å²) >= 11 is 0. The summed E-state index contributed by atoms with van der Waals surface area (Å²) in [5.74, 6) is 1.85. The van der Waals surface area contributed by atoms with E-state index in [0.29, 0.717) is 0 Å². The molecule has 1 aliphatic carbocycles. The van der Waals surface area contributed by atoms with Gasteiger partial charge < -0.3 is 5.32 Å². The number of unbranched alkanes of at least 4 members (excludes halogenated alkanes) is 1. The van der Waals surface area contributed by atoms with Gasteiger partial charge in [-0.15, -0.1) is 0 Å². The topological polar surface area (TPSA) is 12.0 Å². The predicted molar refractivity (Wildman–Crippen MR) is 68.1 cm³/mol. The van der Waals surface area contributed by atoms with Gasteiger partial charge in [0.1, 0.15) is 0 Å². The third kappa shape index (κ3) is 4.55. The fourth-order valence-corrected chi connectivity index (χ4v) is 2.69. The first-order valence-electron chi connectivity index (χ1n) is 6.89. The molecule has 0 heterocycles. The minimum absolute atomic E-state index is 0.718. The molecule has 0 aliphatic heterocycles. The van der Waals surface area contributed by atoms with Crippen molar-refractivity contribution in [1.82, 2.24) is 5.32 Å². The van der Waals surface area contributed by atoms with E-state index in [1.54, 1.807) is 0 Å². The van der Waals surface area contributed by atoms with Crippen LogP contribution in [0.1, 0.15) is 66.2 Å². The number of hydrogen-bond donors (Lipinski definition) is 1. The second-order valence-electron chi connectivity index (χ2n) is 5.67. The monoisotopic (exact) mass is 211 g/mol. The second kappa shape index (κ2) is 6.52. The Morgan fingerprint density at radius 2 is 1.93 bits per heavy atom. The number of nitrogens with one attached hydrogen (secondary N) is 1. The molecule has 1 N–H and O–H groups in total. The van der Waals surface area contributed by atoms with Gasteiger partial charge in [0.2, 0.25) is 0 Å². The van der Waals surface area contributed by atoms with Crippen molar-refractivity contribution < 1.29 is 0 Å². The van der Waals surface area contributed by atoms with Crippen LogP contribution in [0.2, 0.25) is 0 Å². The van der Waals surface area contributed by atoms with E-state index in [1.165, 1.54) is 38.5 Å². The zero-order valence-corrected chi connectivity index (χ0v) is 11.1. The highest BCUT2D eigenvalue weighted by Gasteiger charge is 2.24. The molecule has 1 fully saturated rings. The maximum absolute atomic E-state index is 3.80. The molecule has 0 aromatic rings. The summed E-state index contributed by atoms with van der Waals surface area (Å²) in [5.41, 5.74) is 0. The van der Waals surface area contributed by atoms with Gasteiger partial charge >= 0.3 is 0 Å². The summed E-state index contributed by atoms with van der Waals surface area (Å²) in [4.78, 5) is 0. The molecule has 0 saturated heterocycles. The van der Waals surface area contributed by atoms with Gasteiger partial charge in [0.05, 0.1) is 0 Å². The van der Waals surface area contributed by atoms with Crippen molar-refractivity contribution in [3.63, 3.8) is 0 Å². The highest BCUT2D eigenvalue weighted by atomic mass is 14.9. The van der Waals surface area contributed by atoms with E-state index in [-0.39, 0.29) is 0 Å². The Labute approximate surface area is 96.0 Å². The van der Waals surface area contributed by atoms with Crippen molar-refractivity contribution in [2.75, 3.05) is 0 Å². The summed E-state index contributed by atoms with van der Waals surface area (Å²) < 4.78 is 0. The smallest absolute Gasteiger partial charge is 0.00722 e. The minimum Gasteiger partial charge on any atom is -0.311 e. The lowest BCUT2D eigenvalue weighted by molar-refractivity contribution is 0.214. The van der Waals surface area contributed by atoms with E-state index in [1.807, 2.05) is 0 Å². The van der Waals surface area contributed by atoms with Crippen LogP contribution in [-0.4, -0.2) is 12.1 Å². The molecule has 1 saturated carbocycles. The third-order valence-corrected chi connectivity index (χ3v) is 4.11. The Balaban J connectivity index is 2.21. The summed E-state index contributed by atoms with van der Waals surface area (Å²) in [6.07, 6.45) is 8.23. The van der Waals surface area contributed by atoms with Crippen LogP contribution in [0.5, 0.6) is 0 Å². The van der Waals surface area contributed by atoms with Crippen LogP contribution >= 0.6 is 0 Å². The Kier molecular flexibility index (Phi) is 5.66. The van der Waals surface area contributed by atoms with Gasteiger partial charge in [0.15, 0.2) is 0 Å². The van der Waals surface area contributed by atoms with Crippen molar-refractivity contribution in [2.24, 2.45) is 11.8 Å². The molecule has 15 heavy (non-hydrogen) atoms. The molecule has 1 rings (SSSR count). The minimum atomic E-state index is 0.718. The van der Waals surface area contributed by atoms with Gasteiger partial charge in [-0.05, 0) is 44.4 Å². The van der Waals surface area contributed by atoms with Crippen LogP contribution in [0.4, 0.5) is 0 Å². The van der Waals surface area contributed by atoms with E-state index in [0.717, 1.165) is 23.9 Å². The van der Waals surface area contributed by atoms with Gasteiger partial charge in [0.25, 0.3) is 0 Å². The summed E-state index contributed by atoms with van der Waals surface area (Å²) in [6.45, 7) is 9.44. The molecule has 4 unspecified atom stereocenters. The van der Waals surface area contributed by atoms with Gasteiger partial charge in [-0.25, -0.2) is 0 Å². The first-order chi connectivity index (χ1) is 7.13. The van der Waals surface area contributed by atoms with Gasteiger partial charge in [0, 0.05) is 12.1 Å². The number of rotatable bonds is 5. The SMILES string of the molecule is CCCCC(C)NC1CCC(C)C(C)C1. The van der Waals surface area contributed by atoms with Crippen LogP contribution in [-0.2, 0) is 0 Å². The lowest BCUT2D eigenvalue weighted by Gasteiger charge is -2.34. The Morgan fingerprint density at radius 3 is 2.53 bits per heavy atom. The Morgan fingerprint density at radius 1 is 1.20 bits per heavy atom. The molecule has 1 heteroatoms. The van der Waals surface area contributed by atoms with Gasteiger partial charge in [-0.1, -0.05) is 33.6 Å². The molecule has 0 bridgehead atoms. The van der Waals surface area contributed by atoms with E-state index >= 15 is 0 Å². The summed E-state index contributed by atoms with van der Waals surface area (Å²) in [7, 11) is 0. The Bertz CT molecular complexity index is 167. The standard InChI is InChI=1S/C14H29N/c1-5-6-7-13(4)15-14-9-8-11(2)12(3)10-14/h11-15H,5-10H2,1-4H3. The Hall–Kier alpha value is -0.0400. The quantitative estimate of drug-likeness (QED) is 0.725. The largest absolute Gasteiger partial charge is 0.311 e. The molecule has 0 radical (unpaired) electrons. The van der Waals surface area contributed by atoms with Crippen LogP contribution in [0.3, 0.4) is 0 Å². The van der Waals surface area contributed by atoms with Crippen molar-refractivity contribution in [1.29, 1.82) is 0 Å². The van der Waals surface area contributed by atoms with Crippen LogP contribution < -0.4 is 5.32 Å². The predicted octanol–water partition coefficient (Wildman–Crippen LogP) is 3.98. The maximum atomic E-state index is 3.80. The number of hydrogen-bond acceptors (Lipinski definition) is 1. The van der Waals surface area contributed by atoms with Gasteiger partial charge in [-0.2, -0.15) is 0 Å². The van der Waals surface area contributed by atoms with Crippen LogP contribution in [0.15, 0.2) is 0 Å². The highest BCUT2D eigenvalue weighted by molar-refractivity contribution is 4.81. The highest BCUT2D eigenvalue weighted by Crippen LogP contribution is 2.29. The maximum Gasteiger partial charge on any atom is 0.00722 e. The lowest BCUT2D eigenvalue weighted by atomic mass is 9.79. The zero-order valence-electron chi connectivity index (χ0n) is 11.1. The fraction of sp³-hybridized carbons (Fsp3) is 1.00. The van der Waals surface area contributed by atoms with Crippen molar-refractivity contribution in [3.8, 4) is 0 Å². The van der Waals surface area contributed by atoms with Gasteiger partial charge in [-0.3, -0.25) is 0 Å². The molecule has 1 nitrogen and oxygen atoms in total. The summed E-state index contributed by atoms with van der Waals surface area (Å²) in [6, 6.07) is 1.51. The van der Waals surface area contributed by atoms with E-state index < -0.39 is 0 Å². The molecular weight excluding hydrogens is 182 g/mol. The van der Waals surface area contributed by atoms with E-state index in [9.17, 15) is 0 Å². The molecule has 0 aromatic heterocycles. The molecule has 0 aromatic carbocycles. The fourth-order valence-electron chi connectivity index (χ4n) is 2.69. The zero-order chi connectivity index (χ0) is 11.3. The normalized spacial score (nSPS) is 34.0. The average Bonchev–Trinajstić information content (AvgIpc) is 2.20. The first kappa shape index (κ1) is 13.0. The van der Waals surface area contributed by atoms with Crippen LogP contribution in [0.25, 0.3) is 0 Å². The van der Waals surface area contributed by atoms with Crippen molar-refractivity contribution >= 4 is 0 Å². The average molecular weight is 211 g/mol. The molecule has 0 amide bonds. The molecule has 4 atom stereocenters. The van der Waals surface area contributed by atoms with E-state index in [4.69, 9.17) is 0 Å². The third-order valence-electron chi connectivity index (χ3n) is 4.11. The molecule has 0 spiro atoms. The first-order valence-corrected chi connectivity index (χ1v) is 6.89. The van der Waals surface area contributed by atoms with Crippen molar-refractivity contribution in [3.05, 3.63) is 0 Å². The molecule has 90 valence electrons. The molecule has 1 aliphatic rings. The second-order valence-corrected chi connectivity index (χ2v) is 5.67. The van der Waals surface area contributed by atoms with Crippen molar-refractivity contribution in [2.45, 2.75) is 78.3 Å². The summed E-state index contributed by atoms with van der Waals surface area (Å²) in [5, 5.41) is 3.80. The molecular formula is C14H29N. The lowest BCUT2D eigenvalue weighted by Crippen LogP contribution is -2.41. The van der Waals surface area contributed by atoms with E-state index in [2.05, 4.69) is 33.0 Å².